The summed E-state index contributed by atoms with van der Waals surface area (Å²) in [5.41, 5.74) is 0. The minimum absolute atomic E-state index is 0.0462. The van der Waals surface area contributed by atoms with E-state index in [1.807, 2.05) is 6.92 Å². The van der Waals surface area contributed by atoms with Crippen molar-refractivity contribution in [2.24, 2.45) is 5.92 Å². The van der Waals surface area contributed by atoms with E-state index in [1.165, 1.54) is 0 Å². The summed E-state index contributed by atoms with van der Waals surface area (Å²) in [6, 6.07) is 0. The van der Waals surface area contributed by atoms with Crippen molar-refractivity contribution < 1.29 is 4.79 Å². The van der Waals surface area contributed by atoms with E-state index in [4.69, 9.17) is 0 Å². The van der Waals surface area contributed by atoms with Gasteiger partial charge < -0.3 is 0 Å². The molecular weight excluding hydrogens is 124 g/mol. The quantitative estimate of drug-likeness (QED) is 0.575. The smallest absolute Gasteiger partial charge is 0.135 e. The molecule has 0 spiro atoms. The Morgan fingerprint density at radius 1 is 1.40 bits per heavy atom. The van der Waals surface area contributed by atoms with Crippen molar-refractivity contribution >= 4 is 5.78 Å². The largest absolute Gasteiger partial charge is 0.299 e. The third kappa shape index (κ3) is 3.65. The van der Waals surface area contributed by atoms with Gasteiger partial charge in [-0.25, -0.2) is 0 Å². The summed E-state index contributed by atoms with van der Waals surface area (Å²) in [6.45, 7) is 7.90. The van der Waals surface area contributed by atoms with Crippen molar-refractivity contribution in [1.82, 2.24) is 0 Å². The summed E-state index contributed by atoms with van der Waals surface area (Å²) in [4.78, 5) is 11.1. The molecule has 0 aliphatic rings. The van der Waals surface area contributed by atoms with Crippen molar-refractivity contribution in [3.63, 3.8) is 0 Å². The molecule has 0 bridgehead atoms. The van der Waals surface area contributed by atoms with E-state index < -0.39 is 0 Å². The maximum Gasteiger partial charge on any atom is 0.135 e. The van der Waals surface area contributed by atoms with Crippen LogP contribution in [0.1, 0.15) is 39.5 Å². The molecule has 0 aromatic rings. The Balaban J connectivity index is 3.49. The average Bonchev–Trinajstić information content (AvgIpc) is 1.89. The van der Waals surface area contributed by atoms with Crippen LogP contribution in [0, 0.1) is 12.8 Å². The van der Waals surface area contributed by atoms with Gasteiger partial charge in [-0.1, -0.05) is 20.3 Å². The molecule has 0 heterocycles. The van der Waals surface area contributed by atoms with Crippen LogP contribution in [0.4, 0.5) is 0 Å². The molecule has 0 aromatic heterocycles. The highest BCUT2D eigenvalue weighted by Gasteiger charge is 2.09. The molecular formula is C9H17O. The third-order valence-electron chi connectivity index (χ3n) is 1.59. The average molecular weight is 141 g/mol. The topological polar surface area (TPSA) is 17.1 Å². The molecule has 0 rings (SSSR count). The second kappa shape index (κ2) is 5.45. The maximum atomic E-state index is 11.1. The standard InChI is InChI=1S/C9H17O/c1-4-6-8(3)9(10)7-5-2/h8H,3-7H2,1-2H3. The van der Waals surface area contributed by atoms with Gasteiger partial charge in [0.1, 0.15) is 5.78 Å². The van der Waals surface area contributed by atoms with Crippen LogP contribution >= 0.6 is 0 Å². The zero-order chi connectivity index (χ0) is 7.98. The van der Waals surface area contributed by atoms with E-state index in [2.05, 4.69) is 13.8 Å². The molecule has 0 amide bonds. The highest BCUT2D eigenvalue weighted by molar-refractivity contribution is 5.81. The van der Waals surface area contributed by atoms with E-state index >= 15 is 0 Å². The third-order valence-corrected chi connectivity index (χ3v) is 1.59. The highest BCUT2D eigenvalue weighted by Crippen LogP contribution is 2.08. The number of carbonyl (C=O) groups is 1. The van der Waals surface area contributed by atoms with E-state index in [-0.39, 0.29) is 5.92 Å². The van der Waals surface area contributed by atoms with Gasteiger partial charge in [0.2, 0.25) is 0 Å². The van der Waals surface area contributed by atoms with Crippen molar-refractivity contribution in [3.8, 4) is 0 Å². The molecule has 0 aromatic carbocycles. The molecule has 1 nitrogen and oxygen atoms in total. The first-order chi connectivity index (χ1) is 4.72. The summed E-state index contributed by atoms with van der Waals surface area (Å²) >= 11 is 0. The number of ketones is 1. The van der Waals surface area contributed by atoms with Gasteiger partial charge in [-0.3, -0.25) is 4.79 Å². The SMILES string of the molecule is [CH2]C(CCC)C(=O)CCC. The van der Waals surface area contributed by atoms with Crippen LogP contribution in [0.15, 0.2) is 0 Å². The molecule has 0 saturated heterocycles. The van der Waals surface area contributed by atoms with E-state index in [9.17, 15) is 4.79 Å². The lowest BCUT2D eigenvalue weighted by atomic mass is 9.98. The van der Waals surface area contributed by atoms with E-state index in [1.54, 1.807) is 0 Å². The fourth-order valence-corrected chi connectivity index (χ4v) is 0.960. The maximum absolute atomic E-state index is 11.1. The lowest BCUT2D eigenvalue weighted by molar-refractivity contribution is -0.121. The van der Waals surface area contributed by atoms with Crippen LogP contribution in [0.2, 0.25) is 0 Å². The second-order valence-electron chi connectivity index (χ2n) is 2.70. The molecule has 10 heavy (non-hydrogen) atoms. The molecule has 1 heteroatoms. The number of Topliss-reactive ketones (excluding diaryl/α,β-unsaturated/α-hetero) is 1. The van der Waals surface area contributed by atoms with Gasteiger partial charge >= 0.3 is 0 Å². The van der Waals surface area contributed by atoms with Gasteiger partial charge in [0, 0.05) is 12.3 Å². The summed E-state index contributed by atoms with van der Waals surface area (Å²) in [5, 5.41) is 0. The van der Waals surface area contributed by atoms with Crippen molar-refractivity contribution in [1.29, 1.82) is 0 Å². The van der Waals surface area contributed by atoms with Crippen molar-refractivity contribution in [2.45, 2.75) is 39.5 Å². The van der Waals surface area contributed by atoms with Gasteiger partial charge in [0.15, 0.2) is 0 Å². The van der Waals surface area contributed by atoms with Crippen LogP contribution in [-0.2, 0) is 4.79 Å². The Bertz CT molecular complexity index is 96.9. The molecule has 1 atom stereocenters. The van der Waals surface area contributed by atoms with E-state index in [0.717, 1.165) is 19.3 Å². The molecule has 0 N–H and O–H groups in total. The normalized spacial score (nSPS) is 13.1. The van der Waals surface area contributed by atoms with Gasteiger partial charge in [-0.2, -0.15) is 0 Å². The minimum Gasteiger partial charge on any atom is -0.299 e. The Morgan fingerprint density at radius 3 is 2.40 bits per heavy atom. The summed E-state index contributed by atoms with van der Waals surface area (Å²) < 4.78 is 0. The Hall–Kier alpha value is -0.330. The Labute approximate surface area is 63.8 Å². The molecule has 1 unspecified atom stereocenters. The molecule has 0 aliphatic carbocycles. The molecule has 1 radical (unpaired) electrons. The summed E-state index contributed by atoms with van der Waals surface area (Å²) in [5.74, 6) is 0.370. The number of rotatable bonds is 5. The molecule has 0 fully saturated rings. The van der Waals surface area contributed by atoms with Crippen LogP contribution in [-0.4, -0.2) is 5.78 Å². The first kappa shape index (κ1) is 9.67. The Morgan fingerprint density at radius 2 is 2.00 bits per heavy atom. The predicted octanol–water partition coefficient (Wildman–Crippen LogP) is 2.61. The molecule has 0 aliphatic heterocycles. The molecule has 59 valence electrons. The molecule has 0 saturated carbocycles. The minimum atomic E-state index is 0.0462. The monoisotopic (exact) mass is 141 g/mol. The predicted molar refractivity (Wildman–Crippen MR) is 43.7 cm³/mol. The van der Waals surface area contributed by atoms with Crippen molar-refractivity contribution in [2.75, 3.05) is 0 Å². The lowest BCUT2D eigenvalue weighted by Gasteiger charge is -2.06. The van der Waals surface area contributed by atoms with Crippen LogP contribution in [0.3, 0.4) is 0 Å². The number of carbonyl (C=O) groups excluding carboxylic acids is 1. The zero-order valence-electron chi connectivity index (χ0n) is 7.02. The van der Waals surface area contributed by atoms with Crippen LogP contribution < -0.4 is 0 Å². The zero-order valence-corrected chi connectivity index (χ0v) is 7.02. The Kier molecular flexibility index (Phi) is 5.27. The number of hydrogen-bond donors (Lipinski definition) is 0. The van der Waals surface area contributed by atoms with Gasteiger partial charge in [0.05, 0.1) is 0 Å². The lowest BCUT2D eigenvalue weighted by Crippen LogP contribution is -2.09. The fourth-order valence-electron chi connectivity index (χ4n) is 0.960. The first-order valence-electron chi connectivity index (χ1n) is 4.08. The summed E-state index contributed by atoms with van der Waals surface area (Å²) in [6.07, 6.45) is 3.66. The van der Waals surface area contributed by atoms with E-state index in [0.29, 0.717) is 12.2 Å². The van der Waals surface area contributed by atoms with Gasteiger partial charge in [-0.15, -0.1) is 0 Å². The summed E-state index contributed by atoms with van der Waals surface area (Å²) in [7, 11) is 0. The first-order valence-corrected chi connectivity index (χ1v) is 4.08. The van der Waals surface area contributed by atoms with Gasteiger partial charge in [0.25, 0.3) is 0 Å². The van der Waals surface area contributed by atoms with Crippen LogP contribution in [0.25, 0.3) is 0 Å². The highest BCUT2D eigenvalue weighted by atomic mass is 16.1. The fraction of sp³-hybridized carbons (Fsp3) is 0.778. The second-order valence-corrected chi connectivity index (χ2v) is 2.70. The van der Waals surface area contributed by atoms with Gasteiger partial charge in [-0.05, 0) is 19.8 Å². The number of hydrogen-bond acceptors (Lipinski definition) is 1. The van der Waals surface area contributed by atoms with Crippen molar-refractivity contribution in [3.05, 3.63) is 6.92 Å². The van der Waals surface area contributed by atoms with Crippen LogP contribution in [0.5, 0.6) is 0 Å².